The Labute approximate surface area is 154 Å². The van der Waals surface area contributed by atoms with Gasteiger partial charge in [0.25, 0.3) is 0 Å². The molecule has 2 N–H and O–H groups in total. The molecule has 1 saturated heterocycles. The molecule has 136 valence electrons. The molecule has 0 unspecified atom stereocenters. The zero-order valence-corrected chi connectivity index (χ0v) is 15.8. The Morgan fingerprint density at radius 1 is 1.08 bits per heavy atom. The van der Waals surface area contributed by atoms with Crippen molar-refractivity contribution in [3.05, 3.63) is 65.0 Å². The van der Waals surface area contributed by atoms with Crippen LogP contribution in [-0.2, 0) is 10.0 Å². The van der Waals surface area contributed by atoms with Crippen LogP contribution < -0.4 is 5.73 Å². The Kier molecular flexibility index (Phi) is 5.89. The molecular formula is C18H22ClFN2O2S. The molecule has 2 aromatic carbocycles. The van der Waals surface area contributed by atoms with Crippen molar-refractivity contribution >= 4 is 22.4 Å². The lowest BCUT2D eigenvalue weighted by molar-refractivity contribution is 0.469. The molecule has 2 atom stereocenters. The zero-order valence-electron chi connectivity index (χ0n) is 14.1. The van der Waals surface area contributed by atoms with E-state index >= 15 is 0 Å². The predicted octanol–water partition coefficient (Wildman–Crippen LogP) is 2.98. The minimum atomic E-state index is -3.70. The van der Waals surface area contributed by atoms with Crippen LogP contribution in [0.4, 0.5) is 4.39 Å². The van der Waals surface area contributed by atoms with Crippen LogP contribution in [0.2, 0.25) is 0 Å². The number of nitrogens with two attached hydrogens (primary N) is 1. The number of aryl methyl sites for hydroxylation is 2. The van der Waals surface area contributed by atoms with Crippen LogP contribution in [-0.4, -0.2) is 31.9 Å². The largest absolute Gasteiger partial charge is 0.326 e. The van der Waals surface area contributed by atoms with Crippen molar-refractivity contribution < 1.29 is 12.8 Å². The summed E-state index contributed by atoms with van der Waals surface area (Å²) in [6, 6.07) is 12.0. The van der Waals surface area contributed by atoms with Crippen LogP contribution in [0.15, 0.2) is 47.4 Å². The van der Waals surface area contributed by atoms with Gasteiger partial charge in [-0.25, -0.2) is 12.8 Å². The second-order valence-electron chi connectivity index (χ2n) is 6.37. The lowest BCUT2D eigenvalue weighted by Crippen LogP contribution is -2.33. The van der Waals surface area contributed by atoms with Gasteiger partial charge in [0.05, 0.1) is 4.90 Å². The Bertz CT molecular complexity index is 836. The third-order valence-electron chi connectivity index (χ3n) is 4.58. The number of hydrogen-bond acceptors (Lipinski definition) is 3. The van der Waals surface area contributed by atoms with Crippen LogP contribution in [0.1, 0.15) is 22.6 Å². The second-order valence-corrected chi connectivity index (χ2v) is 8.25. The number of hydrogen-bond donors (Lipinski definition) is 1. The average Bonchev–Trinajstić information content (AvgIpc) is 2.89. The van der Waals surface area contributed by atoms with Gasteiger partial charge >= 0.3 is 0 Å². The highest BCUT2D eigenvalue weighted by Gasteiger charge is 2.39. The molecule has 0 bridgehead atoms. The molecule has 0 amide bonds. The van der Waals surface area contributed by atoms with Gasteiger partial charge in [-0.15, -0.1) is 12.4 Å². The van der Waals surface area contributed by atoms with Gasteiger partial charge in [-0.1, -0.05) is 30.3 Å². The minimum Gasteiger partial charge on any atom is -0.326 e. The van der Waals surface area contributed by atoms with Gasteiger partial charge in [0.1, 0.15) is 5.82 Å². The SMILES string of the molecule is Cc1cc(F)cc(C)c1S(=O)(=O)N1C[C@@H](N)[C@H](c2ccccc2)C1.Cl. The normalized spacial score (nSPS) is 21.1. The molecule has 1 aliphatic rings. The first kappa shape index (κ1) is 19.8. The van der Waals surface area contributed by atoms with E-state index in [1.165, 1.54) is 16.4 Å². The maximum Gasteiger partial charge on any atom is 0.243 e. The smallest absolute Gasteiger partial charge is 0.243 e. The van der Waals surface area contributed by atoms with Gasteiger partial charge in [-0.2, -0.15) is 4.31 Å². The van der Waals surface area contributed by atoms with E-state index < -0.39 is 15.8 Å². The van der Waals surface area contributed by atoms with Crippen molar-refractivity contribution in [3.8, 4) is 0 Å². The van der Waals surface area contributed by atoms with Crippen LogP contribution in [0, 0.1) is 19.7 Å². The second kappa shape index (κ2) is 7.41. The summed E-state index contributed by atoms with van der Waals surface area (Å²) >= 11 is 0. The molecule has 0 aliphatic carbocycles. The molecule has 1 aliphatic heterocycles. The summed E-state index contributed by atoms with van der Waals surface area (Å²) in [5, 5.41) is 0. The van der Waals surface area contributed by atoms with Crippen molar-refractivity contribution in [1.29, 1.82) is 0 Å². The van der Waals surface area contributed by atoms with Crippen molar-refractivity contribution in [3.63, 3.8) is 0 Å². The molecule has 3 rings (SSSR count). The van der Waals surface area contributed by atoms with E-state index in [4.69, 9.17) is 5.73 Å². The van der Waals surface area contributed by atoms with Crippen molar-refractivity contribution in [2.75, 3.05) is 13.1 Å². The van der Waals surface area contributed by atoms with E-state index in [0.717, 1.165) is 5.56 Å². The Morgan fingerprint density at radius 2 is 1.64 bits per heavy atom. The van der Waals surface area contributed by atoms with Gasteiger partial charge in [0, 0.05) is 25.0 Å². The Morgan fingerprint density at radius 3 is 2.20 bits per heavy atom. The summed E-state index contributed by atoms with van der Waals surface area (Å²) in [6.07, 6.45) is 0. The highest BCUT2D eigenvalue weighted by molar-refractivity contribution is 7.89. The van der Waals surface area contributed by atoms with Gasteiger partial charge in [-0.05, 0) is 42.7 Å². The topological polar surface area (TPSA) is 63.4 Å². The number of halogens is 2. The molecule has 1 heterocycles. The van der Waals surface area contributed by atoms with E-state index in [1.54, 1.807) is 13.8 Å². The number of sulfonamides is 1. The van der Waals surface area contributed by atoms with Gasteiger partial charge in [-0.3, -0.25) is 0 Å². The summed E-state index contributed by atoms with van der Waals surface area (Å²) in [7, 11) is -3.70. The minimum absolute atomic E-state index is 0. The summed E-state index contributed by atoms with van der Waals surface area (Å²) in [5.41, 5.74) is 8.09. The molecule has 0 aromatic heterocycles. The van der Waals surface area contributed by atoms with E-state index in [9.17, 15) is 12.8 Å². The third-order valence-corrected chi connectivity index (χ3v) is 6.72. The van der Waals surface area contributed by atoms with Gasteiger partial charge < -0.3 is 5.73 Å². The average molecular weight is 385 g/mol. The lowest BCUT2D eigenvalue weighted by Gasteiger charge is -2.19. The number of rotatable bonds is 3. The molecule has 2 aromatic rings. The summed E-state index contributed by atoms with van der Waals surface area (Å²) < 4.78 is 41.0. The monoisotopic (exact) mass is 384 g/mol. The van der Waals surface area contributed by atoms with Crippen molar-refractivity contribution in [2.24, 2.45) is 5.73 Å². The van der Waals surface area contributed by atoms with E-state index in [2.05, 4.69) is 0 Å². The van der Waals surface area contributed by atoms with Crippen molar-refractivity contribution in [2.45, 2.75) is 30.7 Å². The maximum atomic E-state index is 13.5. The lowest BCUT2D eigenvalue weighted by atomic mass is 9.95. The van der Waals surface area contributed by atoms with Crippen LogP contribution >= 0.6 is 12.4 Å². The van der Waals surface area contributed by atoms with Gasteiger partial charge in [0.2, 0.25) is 10.0 Å². The molecule has 4 nitrogen and oxygen atoms in total. The maximum absolute atomic E-state index is 13.5. The quantitative estimate of drug-likeness (QED) is 0.884. The fourth-order valence-corrected chi connectivity index (χ4v) is 5.39. The molecule has 0 saturated carbocycles. The fourth-order valence-electron chi connectivity index (χ4n) is 3.47. The summed E-state index contributed by atoms with van der Waals surface area (Å²) in [5.74, 6) is -0.466. The fraction of sp³-hybridized carbons (Fsp3) is 0.333. The molecule has 7 heteroatoms. The Balaban J connectivity index is 0.00000225. The van der Waals surface area contributed by atoms with E-state index in [0.29, 0.717) is 17.7 Å². The highest BCUT2D eigenvalue weighted by atomic mass is 35.5. The summed E-state index contributed by atoms with van der Waals surface area (Å²) in [4.78, 5) is 0.185. The number of benzene rings is 2. The standard InChI is InChI=1S/C18H21FN2O2S.ClH/c1-12-8-15(19)9-13(2)18(12)24(22,23)21-10-16(17(20)11-21)14-6-4-3-5-7-14;/h3-9,16-17H,10-11,20H2,1-2H3;1H/t16-,17+;/m0./s1. The molecule has 1 fully saturated rings. The predicted molar refractivity (Wildman–Crippen MR) is 99.0 cm³/mol. The molecular weight excluding hydrogens is 363 g/mol. The number of nitrogens with zero attached hydrogens (tertiary/aromatic N) is 1. The van der Waals surface area contributed by atoms with E-state index in [-0.39, 0.29) is 35.8 Å². The molecule has 0 radical (unpaired) electrons. The first-order chi connectivity index (χ1) is 11.3. The molecule has 25 heavy (non-hydrogen) atoms. The first-order valence-corrected chi connectivity index (χ1v) is 9.32. The van der Waals surface area contributed by atoms with E-state index in [1.807, 2.05) is 30.3 Å². The van der Waals surface area contributed by atoms with Crippen LogP contribution in [0.25, 0.3) is 0 Å². The third kappa shape index (κ3) is 3.72. The first-order valence-electron chi connectivity index (χ1n) is 7.88. The van der Waals surface area contributed by atoms with Crippen LogP contribution in [0.5, 0.6) is 0 Å². The van der Waals surface area contributed by atoms with Crippen molar-refractivity contribution in [1.82, 2.24) is 4.31 Å². The zero-order chi connectivity index (χ0) is 17.5. The Hall–Kier alpha value is -1.47. The molecule has 0 spiro atoms. The van der Waals surface area contributed by atoms with Crippen LogP contribution in [0.3, 0.4) is 0 Å². The van der Waals surface area contributed by atoms with Gasteiger partial charge in [0.15, 0.2) is 0 Å². The highest BCUT2D eigenvalue weighted by Crippen LogP contribution is 2.32. The summed E-state index contributed by atoms with van der Waals surface area (Å²) in [6.45, 7) is 3.84.